The number of carbonyl (C=O) groups excluding carboxylic acids is 1. The molecule has 10 heteroatoms. The van der Waals surface area contributed by atoms with Gasteiger partial charge < -0.3 is 20.7 Å². The number of nitrogens with one attached hydrogen (secondary N) is 1. The van der Waals surface area contributed by atoms with Crippen molar-refractivity contribution in [2.24, 2.45) is 0 Å². The van der Waals surface area contributed by atoms with E-state index in [0.29, 0.717) is 6.41 Å². The summed E-state index contributed by atoms with van der Waals surface area (Å²) in [6, 6.07) is 1.36. The van der Waals surface area contributed by atoms with Gasteiger partial charge in [-0.25, -0.2) is 10.3 Å². The summed E-state index contributed by atoms with van der Waals surface area (Å²) in [4.78, 5) is 29.9. The van der Waals surface area contributed by atoms with E-state index in [9.17, 15) is 19.8 Å². The minimum absolute atomic E-state index is 0.0364. The van der Waals surface area contributed by atoms with Gasteiger partial charge >= 0.3 is 5.69 Å². The molecular weight excluding hydrogens is 272 g/mol. The summed E-state index contributed by atoms with van der Waals surface area (Å²) in [6.45, 7) is -0.190. The molecule has 10 nitrogen and oxygen atoms in total. The average molecular weight is 286 g/mol. The molecule has 2 rings (SSSR count). The highest BCUT2D eigenvalue weighted by Crippen LogP contribution is 2.28. The van der Waals surface area contributed by atoms with Gasteiger partial charge in [-0.1, -0.05) is 0 Å². The van der Waals surface area contributed by atoms with E-state index < -0.39 is 30.2 Å². The Morgan fingerprint density at radius 3 is 2.95 bits per heavy atom. The van der Waals surface area contributed by atoms with Crippen molar-refractivity contribution in [1.29, 1.82) is 0 Å². The maximum Gasteiger partial charge on any atom is 0.351 e. The van der Waals surface area contributed by atoms with Crippen LogP contribution in [0.4, 0.5) is 5.82 Å². The van der Waals surface area contributed by atoms with Crippen LogP contribution in [0.3, 0.4) is 0 Å². The summed E-state index contributed by atoms with van der Waals surface area (Å²) in [5.41, 5.74) is 6.58. The number of hydrogen-bond donors (Lipinski definition) is 4. The zero-order valence-electron chi connectivity index (χ0n) is 10.2. The number of rotatable bonds is 5. The lowest BCUT2D eigenvalue weighted by Crippen LogP contribution is -2.36. The molecule has 0 saturated carbocycles. The highest BCUT2D eigenvalue weighted by Gasteiger charge is 2.44. The number of nitrogens with two attached hydrogens (primary N) is 1. The summed E-state index contributed by atoms with van der Waals surface area (Å²) in [6.07, 6.45) is -3.04. The van der Waals surface area contributed by atoms with Gasteiger partial charge in [-0.15, -0.1) is 0 Å². The second kappa shape index (κ2) is 5.96. The molecule has 0 bridgehead atoms. The molecule has 0 aliphatic carbocycles. The first-order chi connectivity index (χ1) is 9.54. The fourth-order valence-electron chi connectivity index (χ4n) is 1.88. The van der Waals surface area contributed by atoms with Gasteiger partial charge in [0.05, 0.1) is 0 Å². The molecule has 0 unspecified atom stereocenters. The molecule has 1 aliphatic rings. The van der Waals surface area contributed by atoms with Gasteiger partial charge in [0.15, 0.2) is 6.23 Å². The molecule has 110 valence electrons. The Hall–Kier alpha value is -2.01. The Balaban J connectivity index is 2.13. The fourth-order valence-corrected chi connectivity index (χ4v) is 1.88. The molecule has 1 saturated heterocycles. The molecule has 1 aliphatic heterocycles. The second-order valence-electron chi connectivity index (χ2n) is 4.14. The SMILES string of the molecule is Nc1ccn([C@@H]2O[C@H](CONC=O)[C@@H](O)[C@H]2O)c(=O)n1. The minimum Gasteiger partial charge on any atom is -0.387 e. The summed E-state index contributed by atoms with van der Waals surface area (Å²) < 4.78 is 6.35. The maximum absolute atomic E-state index is 11.7. The van der Waals surface area contributed by atoms with E-state index in [0.717, 1.165) is 4.57 Å². The number of aliphatic hydroxyl groups is 2. The predicted molar refractivity (Wildman–Crippen MR) is 64.0 cm³/mol. The minimum atomic E-state index is -1.34. The van der Waals surface area contributed by atoms with E-state index >= 15 is 0 Å². The second-order valence-corrected chi connectivity index (χ2v) is 4.14. The third-order valence-corrected chi connectivity index (χ3v) is 2.84. The van der Waals surface area contributed by atoms with Crippen molar-refractivity contribution in [3.63, 3.8) is 0 Å². The number of anilines is 1. The molecule has 1 aromatic heterocycles. The van der Waals surface area contributed by atoms with Crippen molar-refractivity contribution in [2.45, 2.75) is 24.5 Å². The van der Waals surface area contributed by atoms with Gasteiger partial charge in [0.2, 0.25) is 6.41 Å². The first-order valence-electron chi connectivity index (χ1n) is 5.72. The van der Waals surface area contributed by atoms with Crippen molar-refractivity contribution < 1.29 is 24.6 Å². The molecule has 1 amide bonds. The van der Waals surface area contributed by atoms with E-state index in [1.807, 2.05) is 5.48 Å². The summed E-state index contributed by atoms with van der Waals surface area (Å²) in [5.74, 6) is 0.0364. The van der Waals surface area contributed by atoms with Crippen molar-refractivity contribution in [2.75, 3.05) is 12.3 Å². The zero-order valence-corrected chi connectivity index (χ0v) is 10.2. The lowest BCUT2D eigenvalue weighted by Gasteiger charge is -2.16. The van der Waals surface area contributed by atoms with Crippen molar-refractivity contribution in [3.05, 3.63) is 22.7 Å². The van der Waals surface area contributed by atoms with Gasteiger partial charge in [-0.05, 0) is 6.07 Å². The molecule has 0 radical (unpaired) electrons. The van der Waals surface area contributed by atoms with Crippen LogP contribution in [0.25, 0.3) is 0 Å². The van der Waals surface area contributed by atoms with Gasteiger partial charge in [0.25, 0.3) is 0 Å². The predicted octanol–water partition coefficient (Wildman–Crippen LogP) is -2.88. The van der Waals surface area contributed by atoms with Crippen LogP contribution in [0, 0.1) is 0 Å². The molecule has 0 spiro atoms. The van der Waals surface area contributed by atoms with Crippen LogP contribution in [0.5, 0.6) is 0 Å². The van der Waals surface area contributed by atoms with E-state index in [1.165, 1.54) is 12.3 Å². The van der Waals surface area contributed by atoms with Crippen LogP contribution in [-0.2, 0) is 14.4 Å². The van der Waals surface area contributed by atoms with Crippen LogP contribution in [0.1, 0.15) is 6.23 Å². The van der Waals surface area contributed by atoms with Crippen LogP contribution in [0.15, 0.2) is 17.1 Å². The first-order valence-corrected chi connectivity index (χ1v) is 5.72. The molecular formula is C10H14N4O6. The largest absolute Gasteiger partial charge is 0.387 e. The molecule has 5 N–H and O–H groups in total. The van der Waals surface area contributed by atoms with E-state index in [-0.39, 0.29) is 12.4 Å². The van der Waals surface area contributed by atoms with Crippen LogP contribution >= 0.6 is 0 Å². The fraction of sp³-hybridized carbons (Fsp3) is 0.500. The van der Waals surface area contributed by atoms with Gasteiger partial charge in [-0.2, -0.15) is 4.98 Å². The number of aliphatic hydroxyl groups excluding tert-OH is 2. The van der Waals surface area contributed by atoms with Gasteiger partial charge in [0, 0.05) is 6.20 Å². The van der Waals surface area contributed by atoms with Crippen LogP contribution in [0.2, 0.25) is 0 Å². The topological polar surface area (TPSA) is 149 Å². The van der Waals surface area contributed by atoms with Crippen molar-refractivity contribution in [3.8, 4) is 0 Å². The lowest BCUT2D eigenvalue weighted by molar-refractivity contribution is -0.128. The monoisotopic (exact) mass is 286 g/mol. The summed E-state index contributed by atoms with van der Waals surface area (Å²) >= 11 is 0. The van der Waals surface area contributed by atoms with E-state index in [2.05, 4.69) is 9.82 Å². The Morgan fingerprint density at radius 1 is 1.55 bits per heavy atom. The lowest BCUT2D eigenvalue weighted by atomic mass is 10.1. The molecule has 4 atom stereocenters. The number of hydroxylamine groups is 1. The molecule has 2 heterocycles. The zero-order chi connectivity index (χ0) is 14.7. The van der Waals surface area contributed by atoms with Crippen LogP contribution in [-0.4, -0.2) is 51.1 Å². The average Bonchev–Trinajstić information content (AvgIpc) is 2.68. The number of aromatic nitrogens is 2. The highest BCUT2D eigenvalue weighted by molar-refractivity contribution is 5.43. The first kappa shape index (κ1) is 14.4. The van der Waals surface area contributed by atoms with E-state index in [4.69, 9.17) is 10.5 Å². The number of nitrogen functional groups attached to an aromatic ring is 1. The Kier molecular flexibility index (Phi) is 4.29. The maximum atomic E-state index is 11.7. The highest BCUT2D eigenvalue weighted by atomic mass is 16.7. The van der Waals surface area contributed by atoms with Crippen molar-refractivity contribution in [1.82, 2.24) is 15.0 Å². The number of ether oxygens (including phenoxy) is 1. The van der Waals surface area contributed by atoms with Gasteiger partial charge in [-0.3, -0.25) is 14.2 Å². The quantitative estimate of drug-likeness (QED) is 0.256. The van der Waals surface area contributed by atoms with Crippen molar-refractivity contribution >= 4 is 12.2 Å². The van der Waals surface area contributed by atoms with Gasteiger partial charge in [0.1, 0.15) is 30.7 Å². The molecule has 1 aromatic rings. The Morgan fingerprint density at radius 2 is 2.30 bits per heavy atom. The number of nitrogens with zero attached hydrogens (tertiary/aromatic N) is 2. The Bertz CT molecular complexity index is 535. The number of amides is 1. The molecule has 0 aromatic carbocycles. The normalized spacial score (nSPS) is 29.3. The van der Waals surface area contributed by atoms with E-state index in [1.54, 1.807) is 0 Å². The standard InChI is InChI=1S/C10H14N4O6/c11-6-1-2-14(10(18)13-6)9-8(17)7(16)5(20-9)3-19-12-4-15/h1-2,4-5,7-9,16-17H,3H2,(H,12,15)(H2,11,13,18)/t5-,7-,8-,9-/m1/s1. The smallest absolute Gasteiger partial charge is 0.351 e. The summed E-state index contributed by atoms with van der Waals surface area (Å²) in [7, 11) is 0. The molecule has 20 heavy (non-hydrogen) atoms. The van der Waals surface area contributed by atoms with Crippen LogP contribution < -0.4 is 16.9 Å². The number of hydrogen-bond acceptors (Lipinski definition) is 8. The summed E-state index contributed by atoms with van der Waals surface area (Å²) in [5, 5.41) is 19.7. The number of carbonyl (C=O) groups is 1. The third kappa shape index (κ3) is 2.77. The third-order valence-electron chi connectivity index (χ3n) is 2.84. The Labute approximate surface area is 112 Å². The molecule has 1 fully saturated rings.